The highest BCUT2D eigenvalue weighted by Gasteiger charge is 2.18. The largest absolute Gasteiger partial charge is 0.377 e. The molecule has 140 valence electrons. The van der Waals surface area contributed by atoms with E-state index < -0.39 is 10.0 Å². The van der Waals surface area contributed by atoms with Gasteiger partial charge in [0.15, 0.2) is 0 Å². The smallest absolute Gasteiger partial charge is 0.240 e. The summed E-state index contributed by atoms with van der Waals surface area (Å²) in [6.45, 7) is 2.23. The first-order chi connectivity index (χ1) is 12.9. The van der Waals surface area contributed by atoms with Gasteiger partial charge in [-0.15, -0.1) is 0 Å². The van der Waals surface area contributed by atoms with Crippen molar-refractivity contribution in [3.63, 3.8) is 0 Å². The van der Waals surface area contributed by atoms with E-state index in [-0.39, 0.29) is 17.5 Å². The summed E-state index contributed by atoms with van der Waals surface area (Å²) in [4.78, 5) is 0.189. The molecule has 0 aliphatic rings. The van der Waals surface area contributed by atoms with Gasteiger partial charge in [0.1, 0.15) is 0 Å². The first-order valence-corrected chi connectivity index (χ1v) is 10.4. The standard InChI is InChI=1S/C21H21ClN2O2S/c1-16-6-5-9-19(14-16)24-21(17-7-3-2-4-8-17)15-23-27(25,26)20-12-10-18(22)11-13-20/h2-14,21,23-24H,15H2,1H3/t21-/m0/s1. The van der Waals surface area contributed by atoms with Crippen molar-refractivity contribution in [3.05, 3.63) is 95.0 Å². The summed E-state index contributed by atoms with van der Waals surface area (Å²) in [5, 5.41) is 3.92. The number of nitrogens with one attached hydrogen (secondary N) is 2. The van der Waals surface area contributed by atoms with Crippen molar-refractivity contribution in [2.45, 2.75) is 17.9 Å². The van der Waals surface area contributed by atoms with Gasteiger partial charge in [-0.1, -0.05) is 54.1 Å². The van der Waals surface area contributed by atoms with Crippen LogP contribution in [-0.2, 0) is 10.0 Å². The summed E-state index contributed by atoms with van der Waals surface area (Å²) >= 11 is 5.85. The van der Waals surface area contributed by atoms with Crippen LogP contribution in [0.2, 0.25) is 5.02 Å². The van der Waals surface area contributed by atoms with Crippen LogP contribution in [0.4, 0.5) is 5.69 Å². The van der Waals surface area contributed by atoms with E-state index in [4.69, 9.17) is 11.6 Å². The van der Waals surface area contributed by atoms with Crippen molar-refractivity contribution in [1.29, 1.82) is 0 Å². The Hall–Kier alpha value is -2.34. The maximum Gasteiger partial charge on any atom is 0.240 e. The van der Waals surface area contributed by atoms with Crippen LogP contribution in [0.25, 0.3) is 0 Å². The van der Waals surface area contributed by atoms with Gasteiger partial charge >= 0.3 is 0 Å². The summed E-state index contributed by atoms with van der Waals surface area (Å²) < 4.78 is 27.9. The van der Waals surface area contributed by atoms with Crippen molar-refractivity contribution in [2.24, 2.45) is 0 Å². The number of benzene rings is 3. The molecule has 0 saturated carbocycles. The molecule has 0 radical (unpaired) electrons. The second-order valence-electron chi connectivity index (χ2n) is 6.28. The summed E-state index contributed by atoms with van der Waals surface area (Å²) in [7, 11) is -3.63. The van der Waals surface area contributed by atoms with E-state index in [1.165, 1.54) is 12.1 Å². The summed E-state index contributed by atoms with van der Waals surface area (Å²) in [5.74, 6) is 0. The molecule has 6 heteroatoms. The van der Waals surface area contributed by atoms with Gasteiger partial charge in [-0.25, -0.2) is 13.1 Å². The van der Waals surface area contributed by atoms with Crippen molar-refractivity contribution >= 4 is 27.3 Å². The first kappa shape index (κ1) is 19.4. The number of rotatable bonds is 7. The summed E-state index contributed by atoms with van der Waals surface area (Å²) in [6, 6.07) is 23.7. The minimum Gasteiger partial charge on any atom is -0.377 e. The highest BCUT2D eigenvalue weighted by Crippen LogP contribution is 2.21. The third kappa shape index (κ3) is 5.32. The molecule has 2 N–H and O–H groups in total. The predicted molar refractivity (Wildman–Crippen MR) is 111 cm³/mol. The van der Waals surface area contributed by atoms with Gasteiger partial charge in [0, 0.05) is 17.3 Å². The van der Waals surface area contributed by atoms with E-state index in [1.54, 1.807) is 12.1 Å². The fraction of sp³-hybridized carbons (Fsp3) is 0.143. The van der Waals surface area contributed by atoms with Crippen LogP contribution in [0.3, 0.4) is 0 Å². The molecule has 0 fully saturated rings. The van der Waals surface area contributed by atoms with Crippen LogP contribution in [0.5, 0.6) is 0 Å². The van der Waals surface area contributed by atoms with E-state index in [0.717, 1.165) is 16.8 Å². The number of hydrogen-bond acceptors (Lipinski definition) is 3. The molecule has 0 heterocycles. The van der Waals surface area contributed by atoms with Gasteiger partial charge in [0.25, 0.3) is 0 Å². The Morgan fingerprint density at radius 2 is 1.63 bits per heavy atom. The summed E-state index contributed by atoms with van der Waals surface area (Å²) in [5.41, 5.74) is 3.07. The quantitative estimate of drug-likeness (QED) is 0.600. The zero-order chi connectivity index (χ0) is 19.3. The molecular weight excluding hydrogens is 380 g/mol. The molecule has 1 atom stereocenters. The van der Waals surface area contributed by atoms with Gasteiger partial charge in [-0.2, -0.15) is 0 Å². The van der Waals surface area contributed by atoms with Gasteiger partial charge in [-0.05, 0) is 54.4 Å². The van der Waals surface area contributed by atoms with E-state index in [1.807, 2.05) is 61.5 Å². The molecule has 3 rings (SSSR count). The average molecular weight is 401 g/mol. The average Bonchev–Trinajstić information content (AvgIpc) is 2.66. The fourth-order valence-corrected chi connectivity index (χ4v) is 3.94. The Labute approximate surface area is 165 Å². The Bertz CT molecular complexity index is 990. The van der Waals surface area contributed by atoms with Gasteiger partial charge in [-0.3, -0.25) is 0 Å². The van der Waals surface area contributed by atoms with Crippen LogP contribution in [-0.4, -0.2) is 15.0 Å². The van der Waals surface area contributed by atoms with Gasteiger partial charge < -0.3 is 5.32 Å². The molecule has 4 nitrogen and oxygen atoms in total. The Balaban J connectivity index is 1.80. The molecule has 0 amide bonds. The zero-order valence-corrected chi connectivity index (χ0v) is 16.5. The fourth-order valence-electron chi connectivity index (χ4n) is 2.76. The van der Waals surface area contributed by atoms with E-state index in [2.05, 4.69) is 10.0 Å². The highest BCUT2D eigenvalue weighted by molar-refractivity contribution is 7.89. The van der Waals surface area contributed by atoms with E-state index in [9.17, 15) is 8.42 Å². The summed E-state index contributed by atoms with van der Waals surface area (Å²) in [6.07, 6.45) is 0. The lowest BCUT2D eigenvalue weighted by Gasteiger charge is -2.21. The zero-order valence-electron chi connectivity index (χ0n) is 14.9. The van der Waals surface area contributed by atoms with Gasteiger partial charge in [0.2, 0.25) is 10.0 Å². The number of aryl methyl sites for hydroxylation is 1. The van der Waals surface area contributed by atoms with Crippen LogP contribution >= 0.6 is 11.6 Å². The van der Waals surface area contributed by atoms with Crippen molar-refractivity contribution in [2.75, 3.05) is 11.9 Å². The Morgan fingerprint density at radius 1 is 0.926 bits per heavy atom. The number of sulfonamides is 1. The van der Waals surface area contributed by atoms with Crippen molar-refractivity contribution in [1.82, 2.24) is 4.72 Å². The monoisotopic (exact) mass is 400 g/mol. The maximum atomic E-state index is 12.6. The van der Waals surface area contributed by atoms with Crippen LogP contribution in [0, 0.1) is 6.92 Å². The van der Waals surface area contributed by atoms with Crippen molar-refractivity contribution in [3.8, 4) is 0 Å². The molecule has 0 unspecified atom stereocenters. The van der Waals surface area contributed by atoms with Crippen LogP contribution < -0.4 is 10.0 Å². The van der Waals surface area contributed by atoms with Crippen LogP contribution in [0.1, 0.15) is 17.2 Å². The highest BCUT2D eigenvalue weighted by atomic mass is 35.5. The van der Waals surface area contributed by atoms with E-state index >= 15 is 0 Å². The molecule has 3 aromatic carbocycles. The molecule has 3 aromatic rings. The molecule has 0 aliphatic carbocycles. The second kappa shape index (κ2) is 8.57. The molecule has 0 saturated heterocycles. The lowest BCUT2D eigenvalue weighted by atomic mass is 10.1. The Morgan fingerprint density at radius 3 is 2.30 bits per heavy atom. The number of anilines is 1. The minimum absolute atomic E-state index is 0.189. The minimum atomic E-state index is -3.63. The second-order valence-corrected chi connectivity index (χ2v) is 8.49. The van der Waals surface area contributed by atoms with Crippen LogP contribution in [0.15, 0.2) is 83.8 Å². The maximum absolute atomic E-state index is 12.6. The van der Waals surface area contributed by atoms with Crippen molar-refractivity contribution < 1.29 is 8.42 Å². The molecule has 0 spiro atoms. The first-order valence-electron chi connectivity index (χ1n) is 8.57. The Kier molecular flexibility index (Phi) is 6.16. The molecule has 0 aromatic heterocycles. The van der Waals surface area contributed by atoms with E-state index in [0.29, 0.717) is 5.02 Å². The molecule has 0 bridgehead atoms. The molecule has 0 aliphatic heterocycles. The normalized spacial score (nSPS) is 12.5. The number of halogens is 1. The topological polar surface area (TPSA) is 58.2 Å². The lowest BCUT2D eigenvalue weighted by Crippen LogP contribution is -2.31. The molecule has 27 heavy (non-hydrogen) atoms. The number of hydrogen-bond donors (Lipinski definition) is 2. The third-order valence-electron chi connectivity index (χ3n) is 4.16. The SMILES string of the molecule is Cc1cccc(N[C@@H](CNS(=O)(=O)c2ccc(Cl)cc2)c2ccccc2)c1. The predicted octanol–water partition coefficient (Wildman–Crippen LogP) is 4.78. The lowest BCUT2D eigenvalue weighted by molar-refractivity contribution is 0.576. The molecular formula is C21H21ClN2O2S. The third-order valence-corrected chi connectivity index (χ3v) is 5.85. The van der Waals surface area contributed by atoms with Gasteiger partial charge in [0.05, 0.1) is 10.9 Å².